The fourth-order valence-corrected chi connectivity index (χ4v) is 0.757. The Morgan fingerprint density at radius 1 is 1.67 bits per heavy atom. The second-order valence-electron chi connectivity index (χ2n) is 1.33. The number of carbonyl (C=O) groups is 1. The molecule has 0 saturated heterocycles. The lowest BCUT2D eigenvalue weighted by Gasteiger charge is -2.12. The summed E-state index contributed by atoms with van der Waals surface area (Å²) in [5.74, 6) is -0.348. The maximum Gasteiger partial charge on any atom is 0.334 e. The first kappa shape index (κ1) is 9.91. The molecule has 0 spiro atoms. The van der Waals surface area contributed by atoms with Crippen molar-refractivity contribution < 1.29 is 9.53 Å². The average molecular weight is 325 g/mol. The van der Waals surface area contributed by atoms with Gasteiger partial charge in [-0.2, -0.15) is 0 Å². The highest BCUT2D eigenvalue weighted by molar-refractivity contribution is 9.26. The Morgan fingerprint density at radius 2 is 2.11 bits per heavy atom. The second kappa shape index (κ2) is 3.93. The quantitative estimate of drug-likeness (QED) is 0.574. The van der Waals surface area contributed by atoms with E-state index in [1.54, 1.807) is 0 Å². The van der Waals surface area contributed by atoms with E-state index in [-0.39, 0.29) is 5.97 Å². The molecule has 0 heterocycles. The van der Waals surface area contributed by atoms with Gasteiger partial charge < -0.3 is 4.74 Å². The zero-order chi connectivity index (χ0) is 7.49. The van der Waals surface area contributed by atoms with Gasteiger partial charge in [0.15, 0.2) is 3.23 Å². The smallest absolute Gasteiger partial charge is 0.334 e. The Labute approximate surface area is 78.7 Å². The molecule has 0 fully saturated rings. The highest BCUT2D eigenvalue weighted by Crippen LogP contribution is 2.29. The zero-order valence-corrected chi connectivity index (χ0v) is 9.42. The van der Waals surface area contributed by atoms with Gasteiger partial charge in [0.25, 0.3) is 0 Å². The van der Waals surface area contributed by atoms with Crippen LogP contribution in [0.25, 0.3) is 0 Å². The maximum atomic E-state index is 10.7. The molecule has 0 radical (unpaired) electrons. The van der Waals surface area contributed by atoms with Gasteiger partial charge in [0, 0.05) is 5.33 Å². The first-order valence-electron chi connectivity index (χ1n) is 2.07. The number of hydrogen-bond donors (Lipinski definition) is 0. The van der Waals surface area contributed by atoms with Crippen molar-refractivity contribution in [2.45, 2.75) is 3.23 Å². The van der Waals surface area contributed by atoms with Crippen LogP contribution in [0.5, 0.6) is 0 Å². The van der Waals surface area contributed by atoms with E-state index in [0.717, 1.165) is 0 Å². The van der Waals surface area contributed by atoms with Crippen LogP contribution < -0.4 is 0 Å². The lowest BCUT2D eigenvalue weighted by molar-refractivity contribution is -0.140. The van der Waals surface area contributed by atoms with Crippen LogP contribution in [-0.2, 0) is 9.53 Å². The molecule has 9 heavy (non-hydrogen) atoms. The van der Waals surface area contributed by atoms with E-state index in [4.69, 9.17) is 0 Å². The van der Waals surface area contributed by atoms with Gasteiger partial charge in [0.2, 0.25) is 0 Å². The summed E-state index contributed by atoms with van der Waals surface area (Å²) in [5, 5.41) is 0.465. The highest BCUT2D eigenvalue weighted by atomic mass is 79.9. The summed E-state index contributed by atoms with van der Waals surface area (Å²) in [4.78, 5) is 10.7. The van der Waals surface area contributed by atoms with Crippen LogP contribution in [0.3, 0.4) is 0 Å². The van der Waals surface area contributed by atoms with E-state index in [0.29, 0.717) is 5.33 Å². The second-order valence-corrected chi connectivity index (χ2v) is 5.66. The Hall–Kier alpha value is 0.910. The summed E-state index contributed by atoms with van der Waals surface area (Å²) < 4.78 is 3.67. The van der Waals surface area contributed by atoms with Crippen LogP contribution >= 0.6 is 47.8 Å². The van der Waals surface area contributed by atoms with E-state index in [1.807, 2.05) is 0 Å². The number of esters is 1. The van der Waals surface area contributed by atoms with Crippen LogP contribution in [0.2, 0.25) is 0 Å². The Balaban J connectivity index is 3.97. The standard InChI is InChI=1S/C4H5Br3O2/c1-9-3(8)4(6,7)2-5/h2H2,1H3. The van der Waals surface area contributed by atoms with Crippen molar-refractivity contribution in [2.24, 2.45) is 0 Å². The number of rotatable bonds is 2. The normalized spacial score (nSPS) is 11.1. The maximum absolute atomic E-state index is 10.7. The topological polar surface area (TPSA) is 26.3 Å². The molecule has 0 saturated carbocycles. The summed E-state index contributed by atoms with van der Waals surface area (Å²) in [6.45, 7) is 0. The van der Waals surface area contributed by atoms with Crippen LogP contribution in [-0.4, -0.2) is 21.6 Å². The highest BCUT2D eigenvalue weighted by Gasteiger charge is 2.31. The van der Waals surface area contributed by atoms with E-state index in [1.165, 1.54) is 7.11 Å². The predicted molar refractivity (Wildman–Crippen MR) is 46.4 cm³/mol. The van der Waals surface area contributed by atoms with E-state index < -0.39 is 3.23 Å². The average Bonchev–Trinajstić information content (AvgIpc) is 1.86. The van der Waals surface area contributed by atoms with Gasteiger partial charge in [0.1, 0.15) is 0 Å². The van der Waals surface area contributed by atoms with Crippen LogP contribution in [0.15, 0.2) is 0 Å². The molecule has 0 aromatic heterocycles. The summed E-state index contributed by atoms with van der Waals surface area (Å²) in [6.07, 6.45) is 0. The molecule has 0 amide bonds. The van der Waals surface area contributed by atoms with Crippen molar-refractivity contribution in [3.63, 3.8) is 0 Å². The zero-order valence-electron chi connectivity index (χ0n) is 4.66. The summed E-state index contributed by atoms with van der Waals surface area (Å²) in [7, 11) is 1.34. The fourth-order valence-electron chi connectivity index (χ4n) is 0.204. The number of alkyl halides is 3. The van der Waals surface area contributed by atoms with Crippen molar-refractivity contribution in [3.8, 4) is 0 Å². The SMILES string of the molecule is COC(=O)C(Br)(Br)CBr. The van der Waals surface area contributed by atoms with Crippen molar-refractivity contribution in [1.29, 1.82) is 0 Å². The van der Waals surface area contributed by atoms with Crippen molar-refractivity contribution in [3.05, 3.63) is 0 Å². The molecular formula is C4H5Br3O2. The third kappa shape index (κ3) is 3.00. The largest absolute Gasteiger partial charge is 0.467 e. The monoisotopic (exact) mass is 322 g/mol. The fraction of sp³-hybridized carbons (Fsp3) is 0.750. The Bertz CT molecular complexity index is 112. The number of hydrogen-bond acceptors (Lipinski definition) is 2. The molecule has 2 nitrogen and oxygen atoms in total. The Kier molecular flexibility index (Phi) is 4.33. The molecule has 0 aromatic rings. The predicted octanol–water partition coefficient (Wildman–Crippen LogP) is 2.04. The van der Waals surface area contributed by atoms with Crippen molar-refractivity contribution in [1.82, 2.24) is 0 Å². The molecule has 0 N–H and O–H groups in total. The minimum absolute atomic E-state index is 0.348. The molecule has 0 atom stereocenters. The number of halogens is 3. The van der Waals surface area contributed by atoms with Gasteiger partial charge >= 0.3 is 5.97 Å². The summed E-state index contributed by atoms with van der Waals surface area (Å²) in [6, 6.07) is 0. The van der Waals surface area contributed by atoms with Crippen LogP contribution in [0, 0.1) is 0 Å². The molecule has 5 heteroatoms. The minimum Gasteiger partial charge on any atom is -0.467 e. The molecule has 0 unspecified atom stereocenters. The minimum atomic E-state index is -0.769. The lowest BCUT2D eigenvalue weighted by atomic mass is 10.5. The van der Waals surface area contributed by atoms with Gasteiger partial charge in [-0.3, -0.25) is 0 Å². The molecule has 54 valence electrons. The first-order valence-corrected chi connectivity index (χ1v) is 4.77. The molecule has 0 aliphatic heterocycles. The molecule has 0 rings (SSSR count). The first-order chi connectivity index (χ1) is 4.04. The van der Waals surface area contributed by atoms with E-state index >= 15 is 0 Å². The van der Waals surface area contributed by atoms with Crippen LogP contribution in [0.4, 0.5) is 0 Å². The van der Waals surface area contributed by atoms with Gasteiger partial charge in [-0.1, -0.05) is 47.8 Å². The molecular weight excluding hydrogens is 320 g/mol. The van der Waals surface area contributed by atoms with Crippen molar-refractivity contribution >= 4 is 53.8 Å². The summed E-state index contributed by atoms with van der Waals surface area (Å²) in [5.41, 5.74) is 0. The van der Waals surface area contributed by atoms with E-state index in [9.17, 15) is 4.79 Å². The van der Waals surface area contributed by atoms with Gasteiger partial charge in [-0.25, -0.2) is 4.79 Å². The number of ether oxygens (including phenoxy) is 1. The molecule has 0 aliphatic rings. The summed E-state index contributed by atoms with van der Waals surface area (Å²) >= 11 is 9.32. The number of methoxy groups -OCH3 is 1. The van der Waals surface area contributed by atoms with Gasteiger partial charge in [0.05, 0.1) is 7.11 Å². The van der Waals surface area contributed by atoms with Gasteiger partial charge in [-0.15, -0.1) is 0 Å². The third-order valence-electron chi connectivity index (χ3n) is 0.652. The van der Waals surface area contributed by atoms with Crippen LogP contribution in [0.1, 0.15) is 0 Å². The molecule has 0 bridgehead atoms. The third-order valence-corrected chi connectivity index (χ3v) is 4.21. The van der Waals surface area contributed by atoms with E-state index in [2.05, 4.69) is 52.5 Å². The molecule has 0 aromatic carbocycles. The number of carbonyl (C=O) groups excluding carboxylic acids is 1. The Morgan fingerprint density at radius 3 is 2.22 bits per heavy atom. The lowest BCUT2D eigenvalue weighted by Crippen LogP contribution is -2.27. The van der Waals surface area contributed by atoms with Gasteiger partial charge in [-0.05, 0) is 0 Å². The van der Waals surface area contributed by atoms with Crippen molar-refractivity contribution in [2.75, 3.05) is 12.4 Å². The molecule has 0 aliphatic carbocycles.